The Morgan fingerprint density at radius 1 is 1.26 bits per heavy atom. The first-order valence-corrected chi connectivity index (χ1v) is 6.36. The van der Waals surface area contributed by atoms with Crippen LogP contribution in [0.25, 0.3) is 0 Å². The number of amides is 2. The van der Waals surface area contributed by atoms with Crippen LogP contribution in [0.15, 0.2) is 48.8 Å². The van der Waals surface area contributed by atoms with Crippen molar-refractivity contribution in [1.82, 2.24) is 10.3 Å². The number of carbonyl (C=O) groups is 1. The molecule has 96 valence electrons. The van der Waals surface area contributed by atoms with Crippen molar-refractivity contribution >= 4 is 23.3 Å². The molecular formula is C14H12ClN3O. The average Bonchev–Trinajstić information content (AvgIpc) is 2.83. The van der Waals surface area contributed by atoms with Gasteiger partial charge in [0.25, 0.3) is 0 Å². The molecule has 0 bridgehead atoms. The highest BCUT2D eigenvalue weighted by Gasteiger charge is 2.33. The number of halogens is 1. The van der Waals surface area contributed by atoms with E-state index in [-0.39, 0.29) is 12.1 Å². The number of nitrogens with zero attached hydrogens (tertiary/aromatic N) is 2. The Kier molecular flexibility index (Phi) is 3.09. The minimum absolute atomic E-state index is 0.0395. The number of hydrogen-bond acceptors (Lipinski definition) is 2. The number of pyridine rings is 1. The van der Waals surface area contributed by atoms with Gasteiger partial charge in [0.2, 0.25) is 0 Å². The minimum Gasteiger partial charge on any atom is -0.335 e. The van der Waals surface area contributed by atoms with Crippen LogP contribution in [-0.4, -0.2) is 17.6 Å². The number of urea groups is 1. The first-order valence-electron chi connectivity index (χ1n) is 5.98. The van der Waals surface area contributed by atoms with E-state index in [2.05, 4.69) is 10.3 Å². The van der Waals surface area contributed by atoms with Gasteiger partial charge in [-0.05, 0) is 35.9 Å². The van der Waals surface area contributed by atoms with Crippen molar-refractivity contribution in [2.75, 3.05) is 11.4 Å². The number of rotatable bonds is 2. The molecule has 1 aromatic carbocycles. The second kappa shape index (κ2) is 4.90. The third-order valence-electron chi connectivity index (χ3n) is 3.15. The van der Waals surface area contributed by atoms with E-state index < -0.39 is 0 Å². The summed E-state index contributed by atoms with van der Waals surface area (Å²) >= 11 is 5.88. The fourth-order valence-corrected chi connectivity index (χ4v) is 2.37. The zero-order valence-electron chi connectivity index (χ0n) is 10.1. The SMILES string of the molecule is O=C1NCC(c2cccnc2)N1c1ccc(Cl)cc1. The highest BCUT2D eigenvalue weighted by atomic mass is 35.5. The molecule has 0 radical (unpaired) electrons. The highest BCUT2D eigenvalue weighted by molar-refractivity contribution is 6.30. The maximum absolute atomic E-state index is 12.0. The Bertz CT molecular complexity index is 585. The van der Waals surface area contributed by atoms with Gasteiger partial charge in [0.1, 0.15) is 0 Å². The number of aromatic nitrogens is 1. The predicted molar refractivity (Wildman–Crippen MR) is 74.3 cm³/mol. The van der Waals surface area contributed by atoms with Gasteiger partial charge in [-0.1, -0.05) is 17.7 Å². The van der Waals surface area contributed by atoms with E-state index in [1.54, 1.807) is 29.4 Å². The smallest absolute Gasteiger partial charge is 0.322 e. The maximum Gasteiger partial charge on any atom is 0.322 e. The molecule has 1 atom stereocenters. The van der Waals surface area contributed by atoms with E-state index in [1.807, 2.05) is 24.3 Å². The Hall–Kier alpha value is -2.07. The van der Waals surface area contributed by atoms with Gasteiger partial charge in [-0.15, -0.1) is 0 Å². The Balaban J connectivity index is 1.97. The molecule has 19 heavy (non-hydrogen) atoms. The fourth-order valence-electron chi connectivity index (χ4n) is 2.24. The molecule has 2 amide bonds. The molecular weight excluding hydrogens is 262 g/mol. The van der Waals surface area contributed by atoms with E-state index in [0.29, 0.717) is 11.6 Å². The number of benzene rings is 1. The largest absolute Gasteiger partial charge is 0.335 e. The number of nitrogens with one attached hydrogen (secondary N) is 1. The summed E-state index contributed by atoms with van der Waals surface area (Å²) in [5, 5.41) is 3.51. The van der Waals surface area contributed by atoms with Crippen molar-refractivity contribution in [2.45, 2.75) is 6.04 Å². The molecule has 1 unspecified atom stereocenters. The van der Waals surface area contributed by atoms with Crippen LogP contribution in [0.5, 0.6) is 0 Å². The van der Waals surface area contributed by atoms with Crippen LogP contribution in [0.1, 0.15) is 11.6 Å². The molecule has 0 aliphatic carbocycles. The lowest BCUT2D eigenvalue weighted by Crippen LogP contribution is -2.29. The first-order chi connectivity index (χ1) is 9.25. The van der Waals surface area contributed by atoms with Crippen LogP contribution >= 0.6 is 11.6 Å². The maximum atomic E-state index is 12.0. The second-order valence-corrected chi connectivity index (χ2v) is 4.77. The summed E-state index contributed by atoms with van der Waals surface area (Å²) in [4.78, 5) is 17.8. The van der Waals surface area contributed by atoms with Crippen molar-refractivity contribution in [2.24, 2.45) is 0 Å². The Morgan fingerprint density at radius 3 is 2.74 bits per heavy atom. The molecule has 0 saturated carbocycles. The van der Waals surface area contributed by atoms with Gasteiger partial charge < -0.3 is 5.32 Å². The van der Waals surface area contributed by atoms with Crippen molar-refractivity contribution in [1.29, 1.82) is 0 Å². The van der Waals surface area contributed by atoms with Gasteiger partial charge in [0.15, 0.2) is 0 Å². The van der Waals surface area contributed by atoms with Crippen LogP contribution in [-0.2, 0) is 0 Å². The third-order valence-corrected chi connectivity index (χ3v) is 3.40. The normalized spacial score (nSPS) is 18.5. The fraction of sp³-hybridized carbons (Fsp3) is 0.143. The zero-order chi connectivity index (χ0) is 13.2. The molecule has 5 heteroatoms. The predicted octanol–water partition coefficient (Wildman–Crippen LogP) is 3.01. The number of carbonyl (C=O) groups excluding carboxylic acids is 1. The van der Waals surface area contributed by atoms with Crippen LogP contribution in [0.3, 0.4) is 0 Å². The van der Waals surface area contributed by atoms with Crippen molar-refractivity contribution in [3.05, 3.63) is 59.4 Å². The molecule has 1 aliphatic heterocycles. The Labute approximate surface area is 116 Å². The molecule has 1 N–H and O–H groups in total. The molecule has 2 heterocycles. The van der Waals surface area contributed by atoms with Crippen molar-refractivity contribution in [3.8, 4) is 0 Å². The third kappa shape index (κ3) is 2.27. The van der Waals surface area contributed by atoms with Crippen LogP contribution in [0.2, 0.25) is 5.02 Å². The lowest BCUT2D eigenvalue weighted by atomic mass is 10.1. The van der Waals surface area contributed by atoms with E-state index in [0.717, 1.165) is 11.3 Å². The monoisotopic (exact) mass is 273 g/mol. The van der Waals surface area contributed by atoms with Crippen LogP contribution in [0.4, 0.5) is 10.5 Å². The molecule has 1 aromatic heterocycles. The summed E-state index contributed by atoms with van der Waals surface area (Å²) in [6, 6.07) is 11.0. The molecule has 1 aliphatic rings. The summed E-state index contributed by atoms with van der Waals surface area (Å²) in [5.41, 5.74) is 1.84. The molecule has 4 nitrogen and oxygen atoms in total. The van der Waals surface area contributed by atoms with E-state index in [4.69, 9.17) is 11.6 Å². The number of anilines is 1. The van der Waals surface area contributed by atoms with Crippen LogP contribution in [0, 0.1) is 0 Å². The lowest BCUT2D eigenvalue weighted by molar-refractivity contribution is 0.251. The second-order valence-electron chi connectivity index (χ2n) is 4.33. The molecule has 1 saturated heterocycles. The standard InChI is InChI=1S/C14H12ClN3O/c15-11-3-5-12(6-4-11)18-13(9-17-14(18)19)10-2-1-7-16-8-10/h1-8,13H,9H2,(H,17,19). The molecule has 2 aromatic rings. The average molecular weight is 274 g/mol. The van der Waals surface area contributed by atoms with Crippen molar-refractivity contribution in [3.63, 3.8) is 0 Å². The highest BCUT2D eigenvalue weighted by Crippen LogP contribution is 2.30. The topological polar surface area (TPSA) is 45.2 Å². The van der Waals surface area contributed by atoms with Gasteiger partial charge >= 0.3 is 6.03 Å². The van der Waals surface area contributed by atoms with Gasteiger partial charge in [-0.2, -0.15) is 0 Å². The number of hydrogen-bond donors (Lipinski definition) is 1. The summed E-state index contributed by atoms with van der Waals surface area (Å²) in [7, 11) is 0. The lowest BCUT2D eigenvalue weighted by Gasteiger charge is -2.23. The van der Waals surface area contributed by atoms with Gasteiger partial charge in [0, 0.05) is 29.6 Å². The van der Waals surface area contributed by atoms with E-state index in [1.165, 1.54) is 0 Å². The quantitative estimate of drug-likeness (QED) is 0.914. The summed E-state index contributed by atoms with van der Waals surface area (Å²) in [6.45, 7) is 0.577. The summed E-state index contributed by atoms with van der Waals surface area (Å²) < 4.78 is 0. The minimum atomic E-state index is -0.101. The summed E-state index contributed by atoms with van der Waals surface area (Å²) in [6.07, 6.45) is 3.51. The summed E-state index contributed by atoms with van der Waals surface area (Å²) in [5.74, 6) is 0. The van der Waals surface area contributed by atoms with E-state index >= 15 is 0 Å². The van der Waals surface area contributed by atoms with Gasteiger partial charge in [-0.3, -0.25) is 9.88 Å². The molecule has 1 fully saturated rings. The first kappa shape index (κ1) is 12.0. The molecule has 3 rings (SSSR count). The van der Waals surface area contributed by atoms with Crippen molar-refractivity contribution < 1.29 is 4.79 Å². The van der Waals surface area contributed by atoms with Crippen LogP contribution < -0.4 is 10.2 Å². The zero-order valence-corrected chi connectivity index (χ0v) is 10.8. The Morgan fingerprint density at radius 2 is 2.05 bits per heavy atom. The molecule has 0 spiro atoms. The van der Waals surface area contributed by atoms with E-state index in [9.17, 15) is 4.79 Å². The van der Waals surface area contributed by atoms with Gasteiger partial charge in [0.05, 0.1) is 6.04 Å². The van der Waals surface area contributed by atoms with Gasteiger partial charge in [-0.25, -0.2) is 4.79 Å².